The lowest BCUT2D eigenvalue weighted by Gasteiger charge is -2.12. The third-order valence-corrected chi connectivity index (χ3v) is 2.61. The largest absolute Gasteiger partial charge is 0.396 e. The Labute approximate surface area is 90.9 Å². The van der Waals surface area contributed by atoms with E-state index in [-0.39, 0.29) is 18.3 Å². The highest BCUT2D eigenvalue weighted by Crippen LogP contribution is 2.14. The van der Waals surface area contributed by atoms with Crippen molar-refractivity contribution >= 4 is 5.78 Å². The molecule has 1 aromatic carbocycles. The molecule has 0 unspecified atom stereocenters. The second-order valence-electron chi connectivity index (χ2n) is 3.86. The van der Waals surface area contributed by atoms with Gasteiger partial charge in [-0.3, -0.25) is 4.79 Å². The number of aliphatic hydroxyl groups excluding tert-OH is 1. The zero-order chi connectivity index (χ0) is 11.1. The second-order valence-corrected chi connectivity index (χ2v) is 3.86. The van der Waals surface area contributed by atoms with Gasteiger partial charge in [-0.05, 0) is 31.7 Å². The first kappa shape index (κ1) is 11.9. The lowest BCUT2D eigenvalue weighted by molar-refractivity contribution is -0.121. The molecule has 0 radical (unpaired) electrons. The minimum Gasteiger partial charge on any atom is -0.396 e. The van der Waals surface area contributed by atoms with Crippen LogP contribution < -0.4 is 0 Å². The quantitative estimate of drug-likeness (QED) is 0.774. The van der Waals surface area contributed by atoms with Crippen molar-refractivity contribution in [2.45, 2.75) is 26.2 Å². The highest BCUT2D eigenvalue weighted by atomic mass is 16.2. The summed E-state index contributed by atoms with van der Waals surface area (Å²) in [4.78, 5) is 11.4. The van der Waals surface area contributed by atoms with Gasteiger partial charge in [-0.2, -0.15) is 0 Å². The minimum absolute atomic E-state index is 0.0551. The van der Waals surface area contributed by atoms with E-state index in [9.17, 15) is 4.79 Å². The summed E-state index contributed by atoms with van der Waals surface area (Å²) < 4.78 is 0. The SMILES string of the molecule is CC(=O)[C@@H](CCCO)Cc1ccccc1. The van der Waals surface area contributed by atoms with Crippen LogP contribution in [0.4, 0.5) is 0 Å². The molecule has 1 N–H and O–H groups in total. The molecule has 2 heteroatoms. The average molecular weight is 206 g/mol. The Balaban J connectivity index is 2.55. The van der Waals surface area contributed by atoms with Crippen molar-refractivity contribution in [3.8, 4) is 0 Å². The zero-order valence-electron chi connectivity index (χ0n) is 9.15. The van der Waals surface area contributed by atoms with Crippen molar-refractivity contribution in [3.05, 3.63) is 35.9 Å². The molecular formula is C13H18O2. The predicted molar refractivity (Wildman–Crippen MR) is 60.6 cm³/mol. The fraction of sp³-hybridized carbons (Fsp3) is 0.462. The van der Waals surface area contributed by atoms with Crippen LogP contribution in [0.2, 0.25) is 0 Å². The first-order chi connectivity index (χ1) is 7.24. The molecule has 0 bridgehead atoms. The zero-order valence-corrected chi connectivity index (χ0v) is 9.15. The smallest absolute Gasteiger partial charge is 0.133 e. The van der Waals surface area contributed by atoms with Crippen molar-refractivity contribution in [2.75, 3.05) is 6.61 Å². The Bertz CT molecular complexity index is 293. The van der Waals surface area contributed by atoms with Gasteiger partial charge in [0.15, 0.2) is 0 Å². The van der Waals surface area contributed by atoms with Gasteiger partial charge in [0.25, 0.3) is 0 Å². The molecule has 1 aromatic rings. The summed E-state index contributed by atoms with van der Waals surface area (Å²) in [6.45, 7) is 1.80. The van der Waals surface area contributed by atoms with Gasteiger partial charge < -0.3 is 5.11 Å². The lowest BCUT2D eigenvalue weighted by Crippen LogP contribution is -2.14. The van der Waals surface area contributed by atoms with Crippen molar-refractivity contribution in [1.82, 2.24) is 0 Å². The van der Waals surface area contributed by atoms with E-state index in [0.29, 0.717) is 6.42 Å². The standard InChI is InChI=1S/C13H18O2/c1-11(15)13(8-5-9-14)10-12-6-3-2-4-7-12/h2-4,6-7,13-14H,5,8-10H2,1H3/t13-/m0/s1. The topological polar surface area (TPSA) is 37.3 Å². The molecule has 0 spiro atoms. The van der Waals surface area contributed by atoms with E-state index in [2.05, 4.69) is 0 Å². The second kappa shape index (κ2) is 6.36. The molecule has 0 saturated heterocycles. The Hall–Kier alpha value is -1.15. The summed E-state index contributed by atoms with van der Waals surface area (Å²) >= 11 is 0. The van der Waals surface area contributed by atoms with Crippen LogP contribution in [0.25, 0.3) is 0 Å². The van der Waals surface area contributed by atoms with Crippen molar-refractivity contribution < 1.29 is 9.90 Å². The molecule has 0 aliphatic heterocycles. The molecule has 0 heterocycles. The molecule has 1 rings (SSSR count). The molecule has 0 amide bonds. The van der Waals surface area contributed by atoms with Crippen LogP contribution in [0.3, 0.4) is 0 Å². The van der Waals surface area contributed by atoms with Crippen LogP contribution in [0.5, 0.6) is 0 Å². The normalized spacial score (nSPS) is 12.4. The third-order valence-electron chi connectivity index (χ3n) is 2.61. The Morgan fingerprint density at radius 2 is 2.00 bits per heavy atom. The number of carbonyl (C=O) groups is 1. The maximum absolute atomic E-state index is 11.4. The van der Waals surface area contributed by atoms with Gasteiger partial charge in [-0.25, -0.2) is 0 Å². The number of aliphatic hydroxyl groups is 1. The predicted octanol–water partition coefficient (Wildman–Crippen LogP) is 2.21. The van der Waals surface area contributed by atoms with Gasteiger partial charge in [0.05, 0.1) is 0 Å². The molecule has 2 nitrogen and oxygen atoms in total. The van der Waals surface area contributed by atoms with E-state index in [0.717, 1.165) is 12.8 Å². The number of rotatable bonds is 6. The maximum Gasteiger partial charge on any atom is 0.133 e. The summed E-state index contributed by atoms with van der Waals surface area (Å²) in [5.74, 6) is 0.270. The van der Waals surface area contributed by atoms with Crippen LogP contribution in [0.1, 0.15) is 25.3 Å². The van der Waals surface area contributed by atoms with E-state index >= 15 is 0 Å². The van der Waals surface area contributed by atoms with Gasteiger partial charge in [0.2, 0.25) is 0 Å². The Morgan fingerprint density at radius 3 is 2.53 bits per heavy atom. The van der Waals surface area contributed by atoms with Crippen molar-refractivity contribution in [3.63, 3.8) is 0 Å². The molecule has 0 aliphatic carbocycles. The highest BCUT2D eigenvalue weighted by Gasteiger charge is 2.13. The lowest BCUT2D eigenvalue weighted by atomic mass is 9.92. The summed E-state index contributed by atoms with van der Waals surface area (Å²) in [5, 5.41) is 8.75. The number of hydrogen-bond acceptors (Lipinski definition) is 2. The van der Waals surface area contributed by atoms with Crippen molar-refractivity contribution in [2.24, 2.45) is 5.92 Å². The summed E-state index contributed by atoms with van der Waals surface area (Å²) in [5.41, 5.74) is 1.19. The monoisotopic (exact) mass is 206 g/mol. The molecule has 0 fully saturated rings. The molecular weight excluding hydrogens is 188 g/mol. The fourth-order valence-electron chi connectivity index (χ4n) is 1.69. The maximum atomic E-state index is 11.4. The fourth-order valence-corrected chi connectivity index (χ4v) is 1.69. The van der Waals surface area contributed by atoms with Crippen LogP contribution >= 0.6 is 0 Å². The highest BCUT2D eigenvalue weighted by molar-refractivity contribution is 5.78. The summed E-state index contributed by atoms with van der Waals surface area (Å²) in [6, 6.07) is 10.0. The van der Waals surface area contributed by atoms with Gasteiger partial charge >= 0.3 is 0 Å². The first-order valence-corrected chi connectivity index (χ1v) is 5.39. The summed E-state index contributed by atoms with van der Waals surface area (Å²) in [7, 11) is 0. The van der Waals surface area contributed by atoms with Crippen LogP contribution in [0, 0.1) is 5.92 Å². The third kappa shape index (κ3) is 4.26. The minimum atomic E-state index is 0.0551. The van der Waals surface area contributed by atoms with E-state index < -0.39 is 0 Å². The summed E-state index contributed by atoms with van der Waals surface area (Å²) in [6.07, 6.45) is 2.27. The molecule has 82 valence electrons. The van der Waals surface area contributed by atoms with E-state index in [1.807, 2.05) is 30.3 Å². The first-order valence-electron chi connectivity index (χ1n) is 5.39. The average Bonchev–Trinajstić information content (AvgIpc) is 2.25. The number of ketones is 1. The molecule has 1 atom stereocenters. The Morgan fingerprint density at radius 1 is 1.33 bits per heavy atom. The number of carbonyl (C=O) groups excluding carboxylic acids is 1. The molecule has 0 aliphatic rings. The van der Waals surface area contributed by atoms with Crippen LogP contribution in [-0.2, 0) is 11.2 Å². The molecule has 0 aromatic heterocycles. The Kier molecular flexibility index (Phi) is 5.05. The van der Waals surface area contributed by atoms with Gasteiger partial charge in [-0.1, -0.05) is 30.3 Å². The van der Waals surface area contributed by atoms with Gasteiger partial charge in [-0.15, -0.1) is 0 Å². The number of benzene rings is 1. The number of hydrogen-bond donors (Lipinski definition) is 1. The van der Waals surface area contributed by atoms with E-state index in [1.54, 1.807) is 6.92 Å². The van der Waals surface area contributed by atoms with E-state index in [4.69, 9.17) is 5.11 Å². The van der Waals surface area contributed by atoms with Gasteiger partial charge in [0, 0.05) is 12.5 Å². The molecule has 15 heavy (non-hydrogen) atoms. The van der Waals surface area contributed by atoms with E-state index in [1.165, 1.54) is 5.56 Å². The molecule has 0 saturated carbocycles. The van der Waals surface area contributed by atoms with Crippen molar-refractivity contribution in [1.29, 1.82) is 0 Å². The van der Waals surface area contributed by atoms with Crippen LogP contribution in [0.15, 0.2) is 30.3 Å². The van der Waals surface area contributed by atoms with Crippen LogP contribution in [-0.4, -0.2) is 17.5 Å². The number of Topliss-reactive ketones (excluding diaryl/α,β-unsaturated/α-hetero) is 1. The van der Waals surface area contributed by atoms with Gasteiger partial charge in [0.1, 0.15) is 5.78 Å².